The first-order valence-corrected chi connectivity index (χ1v) is 8.50. The summed E-state index contributed by atoms with van der Waals surface area (Å²) in [5, 5.41) is 8.89. The molecule has 0 saturated heterocycles. The van der Waals surface area contributed by atoms with Crippen molar-refractivity contribution in [3.8, 4) is 0 Å². The van der Waals surface area contributed by atoms with Crippen LogP contribution in [0.25, 0.3) is 0 Å². The van der Waals surface area contributed by atoms with E-state index in [1.807, 2.05) is 0 Å². The van der Waals surface area contributed by atoms with Gasteiger partial charge in [0.1, 0.15) is 0 Å². The summed E-state index contributed by atoms with van der Waals surface area (Å²) >= 11 is 0. The number of nitrogens with zero attached hydrogens (tertiary/aromatic N) is 1. The van der Waals surface area contributed by atoms with Crippen LogP contribution >= 0.6 is 0 Å². The van der Waals surface area contributed by atoms with Gasteiger partial charge in [0.15, 0.2) is 0 Å². The van der Waals surface area contributed by atoms with Crippen molar-refractivity contribution in [2.75, 3.05) is 26.2 Å². The second-order valence-corrected chi connectivity index (χ2v) is 5.79. The van der Waals surface area contributed by atoms with Crippen LogP contribution in [0.3, 0.4) is 0 Å². The molecule has 0 bridgehead atoms. The van der Waals surface area contributed by atoms with E-state index in [1.165, 1.54) is 75.6 Å². The Morgan fingerprint density at radius 2 is 1.15 bits per heavy atom. The average Bonchev–Trinajstić information content (AvgIpc) is 2.35. The molecule has 0 aromatic rings. The SMILES string of the molecule is CC(=O)[O-].CCCCCC[N+](CCC)(CCC)CCC. The Bertz CT molecular complexity index is 196. The maximum atomic E-state index is 8.89. The molecule has 0 spiro atoms. The first-order chi connectivity index (χ1) is 9.47. The first kappa shape index (κ1) is 21.7. The number of carboxylic acid groups (broad SMARTS) is 1. The molecule has 0 unspecified atom stereocenters. The highest BCUT2D eigenvalue weighted by Crippen LogP contribution is 2.14. The highest BCUT2D eigenvalue weighted by Gasteiger charge is 2.23. The topological polar surface area (TPSA) is 40.1 Å². The van der Waals surface area contributed by atoms with Crippen molar-refractivity contribution in [3.05, 3.63) is 0 Å². The van der Waals surface area contributed by atoms with E-state index >= 15 is 0 Å². The molecule has 0 fully saturated rings. The van der Waals surface area contributed by atoms with E-state index in [-0.39, 0.29) is 0 Å². The summed E-state index contributed by atoms with van der Waals surface area (Å²) in [6, 6.07) is 0. The highest BCUT2D eigenvalue weighted by molar-refractivity contribution is 5.60. The van der Waals surface area contributed by atoms with Gasteiger partial charge in [0.05, 0.1) is 26.2 Å². The molecular weight excluding hydrogens is 250 g/mol. The zero-order chi connectivity index (χ0) is 15.9. The average molecular weight is 287 g/mol. The van der Waals surface area contributed by atoms with Crippen LogP contribution in [0.5, 0.6) is 0 Å². The van der Waals surface area contributed by atoms with Crippen molar-refractivity contribution in [3.63, 3.8) is 0 Å². The number of hydrogen-bond acceptors (Lipinski definition) is 2. The van der Waals surface area contributed by atoms with Crippen molar-refractivity contribution in [2.45, 2.75) is 79.6 Å². The molecule has 0 N–H and O–H groups in total. The van der Waals surface area contributed by atoms with Crippen molar-refractivity contribution < 1.29 is 14.4 Å². The van der Waals surface area contributed by atoms with Gasteiger partial charge in [-0.25, -0.2) is 0 Å². The molecule has 122 valence electrons. The second-order valence-electron chi connectivity index (χ2n) is 5.79. The Morgan fingerprint density at radius 3 is 1.45 bits per heavy atom. The molecule has 0 aliphatic heterocycles. The molecule has 0 aliphatic rings. The Labute approximate surface area is 127 Å². The Balaban J connectivity index is 0. The minimum absolute atomic E-state index is 0.972. The number of aliphatic carboxylic acids is 1. The lowest BCUT2D eigenvalue weighted by Crippen LogP contribution is -2.50. The van der Waals surface area contributed by atoms with Crippen LogP contribution in [-0.4, -0.2) is 36.6 Å². The number of unbranched alkanes of at least 4 members (excludes halogenated alkanes) is 3. The quantitative estimate of drug-likeness (QED) is 0.432. The van der Waals surface area contributed by atoms with Gasteiger partial charge in [-0.05, 0) is 39.0 Å². The van der Waals surface area contributed by atoms with Crippen LogP contribution in [0.2, 0.25) is 0 Å². The second kappa shape index (κ2) is 14.8. The fourth-order valence-electron chi connectivity index (χ4n) is 2.97. The lowest BCUT2D eigenvalue weighted by atomic mass is 10.1. The van der Waals surface area contributed by atoms with Gasteiger partial charge >= 0.3 is 0 Å². The fourth-order valence-corrected chi connectivity index (χ4v) is 2.97. The van der Waals surface area contributed by atoms with Crippen LogP contribution in [-0.2, 0) is 4.79 Å². The zero-order valence-electron chi connectivity index (χ0n) is 14.5. The number of carbonyl (C=O) groups is 1. The minimum atomic E-state index is -1.08. The van der Waals surface area contributed by atoms with Crippen LogP contribution < -0.4 is 5.11 Å². The molecule has 20 heavy (non-hydrogen) atoms. The fraction of sp³-hybridized carbons (Fsp3) is 0.941. The summed E-state index contributed by atoms with van der Waals surface area (Å²) in [6.45, 7) is 15.9. The molecule has 0 saturated carbocycles. The van der Waals surface area contributed by atoms with Gasteiger partial charge in [-0.3, -0.25) is 0 Å². The van der Waals surface area contributed by atoms with Gasteiger partial charge in [0.2, 0.25) is 0 Å². The van der Waals surface area contributed by atoms with Gasteiger partial charge in [0, 0.05) is 5.97 Å². The summed E-state index contributed by atoms with van der Waals surface area (Å²) in [6.07, 6.45) is 9.68. The molecule has 0 aromatic heterocycles. The van der Waals surface area contributed by atoms with Gasteiger partial charge in [0.25, 0.3) is 0 Å². The third-order valence-electron chi connectivity index (χ3n) is 3.58. The normalized spacial score (nSPS) is 10.8. The van der Waals surface area contributed by atoms with Crippen LogP contribution in [0.4, 0.5) is 0 Å². The van der Waals surface area contributed by atoms with E-state index in [0.717, 1.165) is 6.92 Å². The van der Waals surface area contributed by atoms with Crippen molar-refractivity contribution in [1.29, 1.82) is 0 Å². The van der Waals surface area contributed by atoms with Gasteiger partial charge < -0.3 is 14.4 Å². The van der Waals surface area contributed by atoms with E-state index in [2.05, 4.69) is 27.7 Å². The lowest BCUT2D eigenvalue weighted by molar-refractivity contribution is -0.928. The maximum absolute atomic E-state index is 8.89. The number of carboxylic acids is 1. The van der Waals surface area contributed by atoms with Crippen molar-refractivity contribution in [2.24, 2.45) is 0 Å². The molecule has 0 aliphatic carbocycles. The molecule has 0 aromatic carbocycles. The van der Waals surface area contributed by atoms with Crippen LogP contribution in [0.15, 0.2) is 0 Å². The van der Waals surface area contributed by atoms with Crippen molar-refractivity contribution in [1.82, 2.24) is 0 Å². The molecule has 0 atom stereocenters. The van der Waals surface area contributed by atoms with Gasteiger partial charge in [-0.15, -0.1) is 0 Å². The van der Waals surface area contributed by atoms with Gasteiger partial charge in [-0.2, -0.15) is 0 Å². The number of quaternary nitrogens is 1. The van der Waals surface area contributed by atoms with E-state index in [0.29, 0.717) is 0 Å². The summed E-state index contributed by atoms with van der Waals surface area (Å²) < 4.78 is 1.40. The predicted molar refractivity (Wildman–Crippen MR) is 85.4 cm³/mol. The summed E-state index contributed by atoms with van der Waals surface area (Å²) in [5.41, 5.74) is 0. The third kappa shape index (κ3) is 13.9. The largest absolute Gasteiger partial charge is 0.550 e. The number of rotatable bonds is 11. The molecule has 0 amide bonds. The molecule has 0 heterocycles. The molecule has 3 heteroatoms. The summed E-state index contributed by atoms with van der Waals surface area (Å²) in [4.78, 5) is 8.89. The standard InChI is InChI=1S/C15H34N.C2H4O2/c1-5-9-10-11-15-16(12-6-2,13-7-3)14-8-4;1-2(3)4/h5-15H2,1-4H3;1H3,(H,3,4)/q+1;/p-1. The van der Waals surface area contributed by atoms with E-state index in [9.17, 15) is 0 Å². The molecule has 0 rings (SSSR count). The Kier molecular flexibility index (Phi) is 16.1. The number of hydrogen-bond donors (Lipinski definition) is 0. The zero-order valence-corrected chi connectivity index (χ0v) is 14.5. The highest BCUT2D eigenvalue weighted by atomic mass is 16.4. The Morgan fingerprint density at radius 1 is 0.750 bits per heavy atom. The lowest BCUT2D eigenvalue weighted by Gasteiger charge is -2.38. The maximum Gasteiger partial charge on any atom is 0.0786 e. The summed E-state index contributed by atoms with van der Waals surface area (Å²) in [7, 11) is 0. The van der Waals surface area contributed by atoms with E-state index < -0.39 is 5.97 Å². The predicted octanol–water partition coefficient (Wildman–Crippen LogP) is 3.37. The molecule has 3 nitrogen and oxygen atoms in total. The molecule has 0 radical (unpaired) electrons. The molecular formula is C17H37NO2. The first-order valence-electron chi connectivity index (χ1n) is 8.50. The van der Waals surface area contributed by atoms with Crippen LogP contribution in [0.1, 0.15) is 79.6 Å². The monoisotopic (exact) mass is 287 g/mol. The summed E-state index contributed by atoms with van der Waals surface area (Å²) in [5.74, 6) is -1.08. The minimum Gasteiger partial charge on any atom is -0.550 e. The Hall–Kier alpha value is -0.570. The van der Waals surface area contributed by atoms with Gasteiger partial charge in [-0.1, -0.05) is 40.5 Å². The van der Waals surface area contributed by atoms with Crippen LogP contribution in [0, 0.1) is 0 Å². The van der Waals surface area contributed by atoms with Crippen molar-refractivity contribution >= 4 is 5.97 Å². The smallest absolute Gasteiger partial charge is 0.0786 e. The third-order valence-corrected chi connectivity index (χ3v) is 3.58. The van der Waals surface area contributed by atoms with E-state index in [1.54, 1.807) is 0 Å². The number of carbonyl (C=O) groups excluding carboxylic acids is 1. The van der Waals surface area contributed by atoms with E-state index in [4.69, 9.17) is 9.90 Å².